The van der Waals surface area contributed by atoms with E-state index in [4.69, 9.17) is 18.0 Å². The molecule has 1 aromatic rings. The number of likely N-dealkylation sites (tertiary alicyclic amines) is 1. The van der Waals surface area contributed by atoms with Crippen molar-refractivity contribution in [2.45, 2.75) is 23.3 Å². The first-order valence-electron chi connectivity index (χ1n) is 6.54. The molecule has 0 aliphatic carbocycles. The van der Waals surface area contributed by atoms with Gasteiger partial charge in [-0.25, -0.2) is 12.8 Å². The van der Waals surface area contributed by atoms with E-state index >= 15 is 0 Å². The van der Waals surface area contributed by atoms with Crippen molar-refractivity contribution < 1.29 is 12.8 Å². The molecular weight excluding hydrogens is 313 g/mol. The van der Waals surface area contributed by atoms with Crippen molar-refractivity contribution in [3.63, 3.8) is 0 Å². The van der Waals surface area contributed by atoms with Crippen LogP contribution < -0.4 is 10.5 Å². The third-order valence-electron chi connectivity index (χ3n) is 3.77. The minimum Gasteiger partial charge on any atom is -0.392 e. The lowest BCUT2D eigenvalue weighted by Gasteiger charge is -2.40. The summed E-state index contributed by atoms with van der Waals surface area (Å²) >= 11 is 5.06. The van der Waals surface area contributed by atoms with E-state index in [-0.39, 0.29) is 9.88 Å². The molecule has 0 aromatic heterocycles. The van der Waals surface area contributed by atoms with Crippen molar-refractivity contribution in [2.24, 2.45) is 5.73 Å². The number of rotatable bonds is 4. The zero-order chi connectivity index (χ0) is 15.7. The summed E-state index contributed by atoms with van der Waals surface area (Å²) < 4.78 is 41.1. The lowest BCUT2D eigenvalue weighted by atomic mass is 9.89. The maximum absolute atomic E-state index is 13.7. The highest BCUT2D eigenvalue weighted by atomic mass is 32.2. The molecule has 8 heteroatoms. The van der Waals surface area contributed by atoms with Gasteiger partial charge in [0.25, 0.3) is 0 Å². The van der Waals surface area contributed by atoms with Gasteiger partial charge in [-0.3, -0.25) is 0 Å². The fraction of sp³-hybridized carbons (Fsp3) is 0.462. The molecule has 1 heterocycles. The zero-order valence-electron chi connectivity index (χ0n) is 11.7. The Bertz CT molecular complexity index is 641. The number of sulfonamides is 1. The van der Waals surface area contributed by atoms with Crippen LogP contribution in [0.4, 0.5) is 4.39 Å². The van der Waals surface area contributed by atoms with Crippen LogP contribution in [0, 0.1) is 5.82 Å². The molecule has 3 N–H and O–H groups in total. The normalized spacial score (nSPS) is 19.3. The second-order valence-corrected chi connectivity index (χ2v) is 7.38. The number of nitrogens with zero attached hydrogens (tertiary/aromatic N) is 1. The number of halogens is 1. The van der Waals surface area contributed by atoms with Gasteiger partial charge in [-0.15, -0.1) is 0 Å². The van der Waals surface area contributed by atoms with E-state index in [1.807, 2.05) is 7.05 Å². The number of benzene rings is 1. The average molecular weight is 331 g/mol. The Morgan fingerprint density at radius 3 is 2.48 bits per heavy atom. The summed E-state index contributed by atoms with van der Waals surface area (Å²) in [4.78, 5) is 1.77. The molecule has 5 nitrogen and oxygen atoms in total. The van der Waals surface area contributed by atoms with Crippen LogP contribution in [-0.2, 0) is 10.0 Å². The molecule has 1 aliphatic rings. The van der Waals surface area contributed by atoms with Gasteiger partial charge in [0.1, 0.15) is 10.7 Å². The molecule has 1 aromatic carbocycles. The Morgan fingerprint density at radius 1 is 1.38 bits per heavy atom. The van der Waals surface area contributed by atoms with Gasteiger partial charge in [0.2, 0.25) is 10.0 Å². The average Bonchev–Trinajstić information content (AvgIpc) is 2.41. The van der Waals surface area contributed by atoms with Gasteiger partial charge >= 0.3 is 0 Å². The number of nitrogens with two attached hydrogens (primary N) is 1. The van der Waals surface area contributed by atoms with Crippen molar-refractivity contribution >= 4 is 27.2 Å². The molecule has 1 aliphatic heterocycles. The lowest BCUT2D eigenvalue weighted by Crippen LogP contribution is -2.61. The predicted molar refractivity (Wildman–Crippen MR) is 83.0 cm³/mol. The molecule has 0 unspecified atom stereocenters. The van der Waals surface area contributed by atoms with Crippen LogP contribution in [0.1, 0.15) is 12.8 Å². The fourth-order valence-electron chi connectivity index (χ4n) is 2.37. The summed E-state index contributed by atoms with van der Waals surface area (Å²) in [5.74, 6) is -0.795. The smallest absolute Gasteiger partial charge is 0.244 e. The first kappa shape index (κ1) is 16.3. The van der Waals surface area contributed by atoms with Gasteiger partial charge < -0.3 is 10.6 Å². The molecule has 116 valence electrons. The van der Waals surface area contributed by atoms with E-state index in [0.29, 0.717) is 25.9 Å². The van der Waals surface area contributed by atoms with Crippen LogP contribution in [0.3, 0.4) is 0 Å². The Hall–Kier alpha value is -1.09. The summed E-state index contributed by atoms with van der Waals surface area (Å²) in [5, 5.41) is 0. The summed E-state index contributed by atoms with van der Waals surface area (Å²) in [6.45, 7) is 1.33. The maximum atomic E-state index is 13.7. The van der Waals surface area contributed by atoms with Gasteiger partial charge in [0, 0.05) is 13.1 Å². The van der Waals surface area contributed by atoms with Gasteiger partial charge in [0.05, 0.1) is 10.5 Å². The first-order valence-corrected chi connectivity index (χ1v) is 8.43. The molecule has 0 saturated carbocycles. The molecule has 2 rings (SSSR count). The highest BCUT2D eigenvalue weighted by Gasteiger charge is 2.40. The van der Waals surface area contributed by atoms with Crippen molar-refractivity contribution in [1.29, 1.82) is 0 Å². The lowest BCUT2D eigenvalue weighted by molar-refractivity contribution is 0.220. The second-order valence-electron chi connectivity index (χ2n) is 5.29. The van der Waals surface area contributed by atoms with E-state index in [0.717, 1.165) is 6.07 Å². The number of thiocarbonyl (C=S) groups is 1. The van der Waals surface area contributed by atoms with Crippen LogP contribution >= 0.6 is 12.2 Å². The summed E-state index contributed by atoms with van der Waals surface area (Å²) in [7, 11) is -2.08. The minimum atomic E-state index is -4.02. The van der Waals surface area contributed by atoms with Gasteiger partial charge in [0.15, 0.2) is 0 Å². The van der Waals surface area contributed by atoms with Crippen LogP contribution in [-0.4, -0.2) is 44.0 Å². The molecule has 1 saturated heterocycles. The van der Waals surface area contributed by atoms with Crippen LogP contribution in [0.15, 0.2) is 29.2 Å². The monoisotopic (exact) mass is 331 g/mol. The summed E-state index contributed by atoms with van der Waals surface area (Å²) in [6, 6.07) is 5.24. The van der Waals surface area contributed by atoms with E-state index in [1.165, 1.54) is 18.2 Å². The van der Waals surface area contributed by atoms with Gasteiger partial charge in [-0.05, 0) is 32.0 Å². The van der Waals surface area contributed by atoms with Gasteiger partial charge in [-0.2, -0.15) is 4.72 Å². The maximum Gasteiger partial charge on any atom is 0.244 e. The predicted octanol–water partition coefficient (Wildman–Crippen LogP) is 0.855. The van der Waals surface area contributed by atoms with E-state index in [9.17, 15) is 12.8 Å². The number of piperidine rings is 1. The van der Waals surface area contributed by atoms with E-state index in [1.54, 1.807) is 0 Å². The molecule has 0 radical (unpaired) electrons. The quantitative estimate of drug-likeness (QED) is 0.800. The highest BCUT2D eigenvalue weighted by molar-refractivity contribution is 7.89. The molecule has 1 fully saturated rings. The molecule has 0 atom stereocenters. The SMILES string of the molecule is CN1CCC(NS(=O)(=O)c2ccccc2F)(C(N)=S)CC1. The van der Waals surface area contributed by atoms with Crippen LogP contribution in [0.5, 0.6) is 0 Å². The van der Waals surface area contributed by atoms with Crippen molar-refractivity contribution in [3.8, 4) is 0 Å². The molecule has 0 bridgehead atoms. The minimum absolute atomic E-state index is 0.0931. The van der Waals surface area contributed by atoms with Gasteiger partial charge in [-0.1, -0.05) is 24.4 Å². The molecular formula is C13H18FN3O2S2. The van der Waals surface area contributed by atoms with E-state index < -0.39 is 21.4 Å². The first-order chi connectivity index (χ1) is 9.77. The molecule has 0 amide bonds. The van der Waals surface area contributed by atoms with Crippen LogP contribution in [0.2, 0.25) is 0 Å². The third-order valence-corrected chi connectivity index (χ3v) is 5.73. The number of nitrogens with one attached hydrogen (secondary N) is 1. The Morgan fingerprint density at radius 2 is 1.95 bits per heavy atom. The largest absolute Gasteiger partial charge is 0.392 e. The fourth-order valence-corrected chi connectivity index (χ4v) is 4.21. The van der Waals surface area contributed by atoms with E-state index in [2.05, 4.69) is 9.62 Å². The van der Waals surface area contributed by atoms with Crippen molar-refractivity contribution in [1.82, 2.24) is 9.62 Å². The van der Waals surface area contributed by atoms with Crippen molar-refractivity contribution in [3.05, 3.63) is 30.1 Å². The third kappa shape index (κ3) is 3.39. The summed E-state index contributed by atoms with van der Waals surface area (Å²) in [6.07, 6.45) is 0.930. The topological polar surface area (TPSA) is 75.4 Å². The number of hydrogen-bond donors (Lipinski definition) is 2. The Kier molecular flexibility index (Phi) is 4.62. The standard InChI is InChI=1S/C13H18FN3O2S2/c1-17-8-6-13(7-9-17,12(15)20)16-21(18,19)11-5-3-2-4-10(11)14/h2-5,16H,6-9H2,1H3,(H2,15,20). The second kappa shape index (κ2) is 5.96. The molecule has 0 spiro atoms. The Balaban J connectivity index is 2.33. The highest BCUT2D eigenvalue weighted by Crippen LogP contribution is 2.25. The van der Waals surface area contributed by atoms with Crippen molar-refractivity contribution in [2.75, 3.05) is 20.1 Å². The summed E-state index contributed by atoms with van der Waals surface area (Å²) in [5.41, 5.74) is 4.77. The zero-order valence-corrected chi connectivity index (χ0v) is 13.3. The van der Waals surface area contributed by atoms with Crippen LogP contribution in [0.25, 0.3) is 0 Å². The molecule has 21 heavy (non-hydrogen) atoms. The Labute approximate surface area is 129 Å². The number of hydrogen-bond acceptors (Lipinski definition) is 4.